The fourth-order valence-electron chi connectivity index (χ4n) is 3.22. The Morgan fingerprint density at radius 3 is 2.96 bits per heavy atom. The highest BCUT2D eigenvalue weighted by Crippen LogP contribution is 2.19. The molecule has 1 fully saturated rings. The third kappa shape index (κ3) is 3.59. The summed E-state index contributed by atoms with van der Waals surface area (Å²) in [6.45, 7) is 5.27. The molecule has 0 saturated carbocycles. The van der Waals surface area contributed by atoms with Crippen LogP contribution >= 0.6 is 0 Å². The number of hydrogen-bond acceptors (Lipinski definition) is 3. The van der Waals surface area contributed by atoms with E-state index in [0.29, 0.717) is 18.9 Å². The Hall–Kier alpha value is -2.34. The molecule has 0 unspecified atom stereocenters. The number of nitrogens with zero attached hydrogens (tertiary/aromatic N) is 3. The molecule has 1 aliphatic rings. The fraction of sp³-hybridized carbons (Fsp3) is 0.444. The highest BCUT2D eigenvalue weighted by atomic mass is 16.3. The van der Waals surface area contributed by atoms with Gasteiger partial charge >= 0.3 is 6.03 Å². The Labute approximate surface area is 142 Å². The van der Waals surface area contributed by atoms with Gasteiger partial charge in [0.15, 0.2) is 0 Å². The van der Waals surface area contributed by atoms with Crippen LogP contribution in [0.2, 0.25) is 0 Å². The van der Waals surface area contributed by atoms with E-state index in [2.05, 4.69) is 35.5 Å². The molecule has 128 valence electrons. The van der Waals surface area contributed by atoms with Crippen LogP contribution in [0.15, 0.2) is 30.3 Å². The minimum Gasteiger partial charge on any atom is -0.394 e. The summed E-state index contributed by atoms with van der Waals surface area (Å²) < 4.78 is 1.81. The van der Waals surface area contributed by atoms with Crippen molar-refractivity contribution in [2.75, 3.05) is 18.5 Å². The summed E-state index contributed by atoms with van der Waals surface area (Å²) in [5.74, 6) is 0.683. The van der Waals surface area contributed by atoms with Crippen LogP contribution < -0.4 is 5.32 Å². The van der Waals surface area contributed by atoms with Crippen LogP contribution in [0, 0.1) is 13.8 Å². The lowest BCUT2D eigenvalue weighted by Crippen LogP contribution is -2.40. The van der Waals surface area contributed by atoms with Crippen LogP contribution in [0.5, 0.6) is 0 Å². The molecule has 1 saturated heterocycles. The Balaban J connectivity index is 1.75. The summed E-state index contributed by atoms with van der Waals surface area (Å²) in [5.41, 5.74) is 3.20. The number of aliphatic hydroxyl groups excluding tert-OH is 1. The normalized spacial score (nSPS) is 17.3. The van der Waals surface area contributed by atoms with Crippen molar-refractivity contribution in [3.05, 3.63) is 47.2 Å². The Morgan fingerprint density at radius 1 is 1.38 bits per heavy atom. The fourth-order valence-corrected chi connectivity index (χ4v) is 3.22. The van der Waals surface area contributed by atoms with Crippen molar-refractivity contribution in [1.29, 1.82) is 0 Å². The van der Waals surface area contributed by atoms with E-state index in [1.165, 1.54) is 5.56 Å². The van der Waals surface area contributed by atoms with Crippen LogP contribution in [-0.4, -0.2) is 45.0 Å². The summed E-state index contributed by atoms with van der Waals surface area (Å²) in [5, 5.41) is 16.8. The number of aliphatic hydroxyl groups is 1. The molecule has 1 aromatic heterocycles. The smallest absolute Gasteiger partial charge is 0.323 e. The Kier molecular flexibility index (Phi) is 4.85. The van der Waals surface area contributed by atoms with Crippen molar-refractivity contribution < 1.29 is 9.90 Å². The molecule has 0 aliphatic carbocycles. The largest absolute Gasteiger partial charge is 0.394 e. The molecule has 2 amide bonds. The van der Waals surface area contributed by atoms with Crippen molar-refractivity contribution >= 4 is 11.8 Å². The number of aryl methyl sites for hydroxylation is 2. The number of hydrogen-bond donors (Lipinski definition) is 2. The highest BCUT2D eigenvalue weighted by Gasteiger charge is 2.28. The van der Waals surface area contributed by atoms with Gasteiger partial charge in [-0.2, -0.15) is 5.10 Å². The van der Waals surface area contributed by atoms with Gasteiger partial charge < -0.3 is 10.0 Å². The highest BCUT2D eigenvalue weighted by molar-refractivity contribution is 5.89. The minimum absolute atomic E-state index is 0.00893. The standard InChI is InChI=1S/C18H24N4O2/c1-13-5-3-6-15(9-13)11-22-17(10-14(2)20-22)19-18(24)21-8-4-7-16(21)12-23/h3,5-6,9-10,16,23H,4,7-8,11-12H2,1-2H3,(H,19,24)/t16-/m1/s1. The van der Waals surface area contributed by atoms with Crippen LogP contribution in [0.25, 0.3) is 0 Å². The van der Waals surface area contributed by atoms with Gasteiger partial charge in [0, 0.05) is 12.6 Å². The monoisotopic (exact) mass is 328 g/mol. The lowest BCUT2D eigenvalue weighted by atomic mass is 10.1. The number of carbonyl (C=O) groups excluding carboxylic acids is 1. The van der Waals surface area contributed by atoms with Gasteiger partial charge in [0.05, 0.1) is 24.9 Å². The zero-order valence-corrected chi connectivity index (χ0v) is 14.2. The molecular weight excluding hydrogens is 304 g/mol. The maximum Gasteiger partial charge on any atom is 0.323 e. The Bertz CT molecular complexity index is 726. The summed E-state index contributed by atoms with van der Waals surface area (Å²) in [4.78, 5) is 14.2. The van der Waals surface area contributed by atoms with Gasteiger partial charge in [-0.25, -0.2) is 9.48 Å². The lowest BCUT2D eigenvalue weighted by Gasteiger charge is -2.23. The van der Waals surface area contributed by atoms with Gasteiger partial charge in [-0.05, 0) is 32.3 Å². The minimum atomic E-state index is -0.169. The number of urea groups is 1. The first-order valence-corrected chi connectivity index (χ1v) is 8.35. The van der Waals surface area contributed by atoms with Crippen molar-refractivity contribution in [3.63, 3.8) is 0 Å². The average molecular weight is 328 g/mol. The predicted octanol–water partition coefficient (Wildman–Crippen LogP) is 2.54. The second-order valence-corrected chi connectivity index (χ2v) is 6.42. The third-order valence-electron chi connectivity index (χ3n) is 4.40. The van der Waals surface area contributed by atoms with E-state index >= 15 is 0 Å². The maximum absolute atomic E-state index is 12.5. The number of likely N-dealkylation sites (tertiary alicyclic amines) is 1. The number of anilines is 1. The molecule has 6 nitrogen and oxygen atoms in total. The van der Waals surface area contributed by atoms with Gasteiger partial charge in [0.1, 0.15) is 5.82 Å². The first-order valence-electron chi connectivity index (χ1n) is 8.35. The predicted molar refractivity (Wildman–Crippen MR) is 93.1 cm³/mol. The second kappa shape index (κ2) is 7.05. The molecule has 3 rings (SSSR count). The molecule has 2 N–H and O–H groups in total. The van der Waals surface area contributed by atoms with Gasteiger partial charge in [-0.3, -0.25) is 5.32 Å². The summed E-state index contributed by atoms with van der Waals surface area (Å²) in [6, 6.07) is 9.87. The molecule has 6 heteroatoms. The Morgan fingerprint density at radius 2 is 2.21 bits per heavy atom. The molecule has 2 aromatic rings. The summed E-state index contributed by atoms with van der Waals surface area (Å²) >= 11 is 0. The molecule has 2 heterocycles. The zero-order chi connectivity index (χ0) is 17.1. The van der Waals surface area contributed by atoms with Crippen molar-refractivity contribution in [1.82, 2.24) is 14.7 Å². The summed E-state index contributed by atoms with van der Waals surface area (Å²) in [7, 11) is 0. The van der Waals surface area contributed by atoms with Crippen LogP contribution in [-0.2, 0) is 6.54 Å². The van der Waals surface area contributed by atoms with E-state index in [4.69, 9.17) is 0 Å². The molecule has 1 aliphatic heterocycles. The zero-order valence-electron chi connectivity index (χ0n) is 14.2. The van der Waals surface area contributed by atoms with Crippen LogP contribution in [0.4, 0.5) is 10.6 Å². The van der Waals surface area contributed by atoms with Crippen molar-refractivity contribution in [3.8, 4) is 0 Å². The van der Waals surface area contributed by atoms with Crippen LogP contribution in [0.1, 0.15) is 29.7 Å². The topological polar surface area (TPSA) is 70.4 Å². The molecule has 1 atom stereocenters. The van der Waals surface area contributed by atoms with E-state index in [0.717, 1.165) is 24.1 Å². The van der Waals surface area contributed by atoms with Gasteiger partial charge in [-0.1, -0.05) is 29.8 Å². The SMILES string of the molecule is Cc1cccc(Cn2nc(C)cc2NC(=O)N2CCC[C@@H]2CO)c1. The van der Waals surface area contributed by atoms with Gasteiger partial charge in [0.2, 0.25) is 0 Å². The second-order valence-electron chi connectivity index (χ2n) is 6.42. The number of benzene rings is 1. The van der Waals surface area contributed by atoms with Crippen molar-refractivity contribution in [2.45, 2.75) is 39.3 Å². The van der Waals surface area contributed by atoms with Gasteiger partial charge in [-0.15, -0.1) is 0 Å². The molecule has 0 radical (unpaired) electrons. The molecular formula is C18H24N4O2. The first kappa shape index (κ1) is 16.5. The average Bonchev–Trinajstić information content (AvgIpc) is 3.14. The van der Waals surface area contributed by atoms with E-state index in [-0.39, 0.29) is 18.7 Å². The number of carbonyl (C=O) groups is 1. The third-order valence-corrected chi connectivity index (χ3v) is 4.40. The van der Waals surface area contributed by atoms with Crippen LogP contribution in [0.3, 0.4) is 0 Å². The van der Waals surface area contributed by atoms with E-state index < -0.39 is 0 Å². The maximum atomic E-state index is 12.5. The number of rotatable bonds is 4. The van der Waals surface area contributed by atoms with E-state index in [9.17, 15) is 9.90 Å². The number of nitrogens with one attached hydrogen (secondary N) is 1. The number of amides is 2. The van der Waals surface area contributed by atoms with Crippen molar-refractivity contribution in [2.24, 2.45) is 0 Å². The quantitative estimate of drug-likeness (QED) is 0.906. The lowest BCUT2D eigenvalue weighted by molar-refractivity contribution is 0.166. The molecule has 0 spiro atoms. The molecule has 1 aromatic carbocycles. The molecule has 24 heavy (non-hydrogen) atoms. The number of aromatic nitrogens is 2. The molecule has 0 bridgehead atoms. The van der Waals surface area contributed by atoms with Gasteiger partial charge in [0.25, 0.3) is 0 Å². The van der Waals surface area contributed by atoms with E-state index in [1.807, 2.05) is 23.7 Å². The summed E-state index contributed by atoms with van der Waals surface area (Å²) in [6.07, 6.45) is 1.78. The first-order chi connectivity index (χ1) is 11.6. The van der Waals surface area contributed by atoms with E-state index in [1.54, 1.807) is 4.90 Å².